The van der Waals surface area contributed by atoms with Crippen LogP contribution in [0.2, 0.25) is 0 Å². The van der Waals surface area contributed by atoms with Crippen molar-refractivity contribution in [3.63, 3.8) is 0 Å². The number of aryl methyl sites for hydroxylation is 2. The number of hydrogen-bond donors (Lipinski definition) is 0. The summed E-state index contributed by atoms with van der Waals surface area (Å²) in [6, 6.07) is 4.88. The fraction of sp³-hybridized carbons (Fsp3) is 0.500. The van der Waals surface area contributed by atoms with E-state index in [0.29, 0.717) is 0 Å². The third kappa shape index (κ3) is 2.39. The molecule has 0 aliphatic carbocycles. The Kier molecular flexibility index (Phi) is 3.85. The van der Waals surface area contributed by atoms with Gasteiger partial charge in [0.15, 0.2) is 0 Å². The van der Waals surface area contributed by atoms with Crippen LogP contribution < -0.4 is 24.8 Å². The summed E-state index contributed by atoms with van der Waals surface area (Å²) in [5.74, 6) is 2.32. The lowest BCUT2D eigenvalue weighted by atomic mass is 9.85. The molecule has 150 valence electrons. The maximum Gasteiger partial charge on any atom is 0.209 e. The zero-order chi connectivity index (χ0) is 19.7. The molecule has 29 heavy (non-hydrogen) atoms. The van der Waals surface area contributed by atoms with Crippen LogP contribution in [0.4, 0.5) is 5.69 Å². The summed E-state index contributed by atoms with van der Waals surface area (Å²) in [5, 5.41) is 2.76. The van der Waals surface area contributed by atoms with Gasteiger partial charge in [0, 0.05) is 47.1 Å². The normalized spacial score (nSPS) is 19.2. The first-order valence-electron chi connectivity index (χ1n) is 11.5. The molecule has 0 aromatic heterocycles. The van der Waals surface area contributed by atoms with Crippen LogP contribution in [0.5, 0.6) is 11.5 Å². The number of ether oxygens (including phenoxy) is 1. The van der Waals surface area contributed by atoms with Gasteiger partial charge in [-0.2, -0.15) is 0 Å². The van der Waals surface area contributed by atoms with E-state index in [4.69, 9.17) is 4.74 Å². The summed E-state index contributed by atoms with van der Waals surface area (Å²) in [5.41, 5.74) is 10.2. The second-order valence-electron chi connectivity index (χ2n) is 9.28. The highest BCUT2D eigenvalue weighted by Gasteiger charge is 2.33. The van der Waals surface area contributed by atoms with Crippen LogP contribution in [0.3, 0.4) is 0 Å². The van der Waals surface area contributed by atoms with E-state index in [0.717, 1.165) is 31.6 Å². The largest absolute Gasteiger partial charge is 0.455 e. The Hall–Kier alpha value is -2.29. The van der Waals surface area contributed by atoms with Gasteiger partial charge < -0.3 is 9.64 Å². The van der Waals surface area contributed by atoms with E-state index in [1.165, 1.54) is 88.6 Å². The molecule has 0 bridgehead atoms. The van der Waals surface area contributed by atoms with Crippen molar-refractivity contribution in [2.45, 2.75) is 58.8 Å². The molecule has 0 spiro atoms. The van der Waals surface area contributed by atoms with Gasteiger partial charge in [0.05, 0.1) is 5.56 Å². The molecular weight excluding hydrogens is 356 g/mol. The minimum Gasteiger partial charge on any atom is -0.455 e. The summed E-state index contributed by atoms with van der Waals surface area (Å²) >= 11 is 0. The first-order valence-corrected chi connectivity index (χ1v) is 11.5. The van der Waals surface area contributed by atoms with Crippen LogP contribution >= 0.6 is 0 Å². The molecule has 0 saturated carbocycles. The fourth-order valence-corrected chi connectivity index (χ4v) is 6.22. The van der Waals surface area contributed by atoms with Gasteiger partial charge in [-0.1, -0.05) is 6.92 Å². The monoisotopic (exact) mass is 387 g/mol. The highest BCUT2D eigenvalue weighted by atomic mass is 16.5. The van der Waals surface area contributed by atoms with E-state index in [9.17, 15) is 0 Å². The van der Waals surface area contributed by atoms with Gasteiger partial charge in [-0.15, -0.1) is 0 Å². The van der Waals surface area contributed by atoms with Crippen LogP contribution in [-0.2, 0) is 25.7 Å². The summed E-state index contributed by atoms with van der Waals surface area (Å²) in [4.78, 5) is 2.62. The summed E-state index contributed by atoms with van der Waals surface area (Å²) < 4.78 is 9.34. The number of benzene rings is 2. The van der Waals surface area contributed by atoms with Gasteiger partial charge in [0.2, 0.25) is 5.36 Å². The topological polar surface area (TPSA) is 15.5 Å². The van der Waals surface area contributed by atoms with Gasteiger partial charge in [-0.3, -0.25) is 0 Å². The van der Waals surface area contributed by atoms with Gasteiger partial charge >= 0.3 is 0 Å². The molecular formula is C26H31N2O+. The van der Waals surface area contributed by atoms with E-state index in [1.54, 1.807) is 5.56 Å². The number of nitrogens with zero attached hydrogens (tertiary/aromatic N) is 2. The molecule has 0 saturated heterocycles. The molecule has 0 unspecified atom stereocenters. The van der Waals surface area contributed by atoms with Crippen molar-refractivity contribution in [2.24, 2.45) is 0 Å². The second kappa shape index (κ2) is 6.35. The highest BCUT2D eigenvalue weighted by Crippen LogP contribution is 2.47. The van der Waals surface area contributed by atoms with Crippen molar-refractivity contribution >= 4 is 11.3 Å². The van der Waals surface area contributed by atoms with Gasteiger partial charge in [0.25, 0.3) is 0 Å². The summed E-state index contributed by atoms with van der Waals surface area (Å²) in [6.07, 6.45) is 8.30. The molecule has 0 radical (unpaired) electrons. The molecule has 0 N–H and O–H groups in total. The average Bonchev–Trinajstić information content (AvgIpc) is 2.75. The quantitative estimate of drug-likeness (QED) is 0.698. The smallest absolute Gasteiger partial charge is 0.209 e. The maximum atomic E-state index is 6.89. The molecule has 3 nitrogen and oxygen atoms in total. The minimum absolute atomic E-state index is 1.07. The van der Waals surface area contributed by atoms with Crippen LogP contribution in [-0.4, -0.2) is 26.7 Å². The molecule has 4 aliphatic rings. The van der Waals surface area contributed by atoms with Gasteiger partial charge in [0.1, 0.15) is 25.1 Å². The Morgan fingerprint density at radius 3 is 2.62 bits per heavy atom. The van der Waals surface area contributed by atoms with Crippen molar-refractivity contribution in [1.82, 2.24) is 4.58 Å². The Bertz CT molecular complexity index is 1170. The molecule has 0 fully saturated rings. The van der Waals surface area contributed by atoms with Crippen LogP contribution in [0.1, 0.15) is 60.9 Å². The van der Waals surface area contributed by atoms with E-state index >= 15 is 0 Å². The third-order valence-electron chi connectivity index (χ3n) is 7.59. The van der Waals surface area contributed by atoms with Crippen LogP contribution in [0.25, 0.3) is 5.57 Å². The number of rotatable bonds is 1. The van der Waals surface area contributed by atoms with E-state index in [-0.39, 0.29) is 0 Å². The fourth-order valence-electron chi connectivity index (χ4n) is 6.22. The molecule has 2 aromatic carbocycles. The zero-order valence-electron chi connectivity index (χ0n) is 18.0. The standard InChI is InChI=1S/C26H31N2O/c1-4-17-14-21-16(2)22-15-18-8-5-12-28-13-7-10-20(24(18)28)26(22)29-25(21)19-9-6-11-27(3)23(17)19/h14-15H,4-13H2,1-3H3/q+1. The van der Waals surface area contributed by atoms with Crippen LogP contribution in [0, 0.1) is 0 Å². The molecule has 2 aromatic rings. The third-order valence-corrected chi connectivity index (χ3v) is 7.59. The van der Waals surface area contributed by atoms with Crippen molar-refractivity contribution in [1.29, 1.82) is 0 Å². The van der Waals surface area contributed by atoms with Crippen molar-refractivity contribution in [3.05, 3.63) is 50.5 Å². The van der Waals surface area contributed by atoms with E-state index in [1.807, 2.05) is 0 Å². The predicted octanol–water partition coefficient (Wildman–Crippen LogP) is 3.34. The van der Waals surface area contributed by atoms with Gasteiger partial charge in [-0.25, -0.2) is 4.58 Å². The van der Waals surface area contributed by atoms with Crippen molar-refractivity contribution < 1.29 is 4.74 Å². The molecule has 0 atom stereocenters. The molecule has 3 heteroatoms. The number of hydrogen-bond acceptors (Lipinski definition) is 2. The molecule has 4 aliphatic heterocycles. The number of anilines is 1. The summed E-state index contributed by atoms with van der Waals surface area (Å²) in [6.45, 7) is 8.16. The van der Waals surface area contributed by atoms with Gasteiger partial charge in [-0.05, 0) is 68.7 Å². The lowest BCUT2D eigenvalue weighted by molar-refractivity contribution is 0.445. The lowest BCUT2D eigenvalue weighted by Crippen LogP contribution is -2.40. The Labute approximate surface area is 173 Å². The minimum atomic E-state index is 1.07. The van der Waals surface area contributed by atoms with E-state index < -0.39 is 0 Å². The molecule has 0 amide bonds. The Morgan fingerprint density at radius 1 is 1.00 bits per heavy atom. The molecule has 6 rings (SSSR count). The summed E-state index contributed by atoms with van der Waals surface area (Å²) in [7, 11) is 2.24. The Morgan fingerprint density at radius 2 is 1.79 bits per heavy atom. The second-order valence-corrected chi connectivity index (χ2v) is 9.28. The first kappa shape index (κ1) is 17.6. The predicted molar refractivity (Wildman–Crippen MR) is 119 cm³/mol. The highest BCUT2D eigenvalue weighted by molar-refractivity contribution is 5.81. The van der Waals surface area contributed by atoms with E-state index in [2.05, 4.69) is 42.5 Å². The Balaban J connectivity index is 1.69. The lowest BCUT2D eigenvalue weighted by Gasteiger charge is -2.39. The van der Waals surface area contributed by atoms with Crippen molar-refractivity contribution in [2.75, 3.05) is 31.6 Å². The average molecular weight is 388 g/mol. The maximum absolute atomic E-state index is 6.89. The SMILES string of the molecule is CCc1cc2c(c3c1=[N+](C)CCC3)Oc1c(cc3c4c1CCCN4CCC3)C=2C. The first-order chi connectivity index (χ1) is 14.2. The van der Waals surface area contributed by atoms with Crippen molar-refractivity contribution in [3.8, 4) is 11.5 Å². The molecule has 4 heterocycles. The number of fused-ring (bicyclic) bond motifs is 5. The van der Waals surface area contributed by atoms with Crippen LogP contribution in [0.15, 0.2) is 12.1 Å². The zero-order valence-corrected chi connectivity index (χ0v) is 18.0.